The Morgan fingerprint density at radius 3 is 2.72 bits per heavy atom. The van der Waals surface area contributed by atoms with Crippen LogP contribution < -0.4 is 14.8 Å². The first kappa shape index (κ1) is 17.3. The van der Waals surface area contributed by atoms with E-state index < -0.39 is 0 Å². The van der Waals surface area contributed by atoms with Crippen LogP contribution in [0.5, 0.6) is 11.5 Å². The van der Waals surface area contributed by atoms with Crippen molar-refractivity contribution >= 4 is 11.6 Å². The van der Waals surface area contributed by atoms with Crippen LogP contribution in [0.2, 0.25) is 0 Å². The Morgan fingerprint density at radius 2 is 2.00 bits per heavy atom. The average Bonchev–Trinajstić information content (AvgIpc) is 2.60. The lowest BCUT2D eigenvalue weighted by atomic mass is 9.97. The third-order valence-corrected chi connectivity index (χ3v) is 4.66. The Balaban J connectivity index is 1.93. The van der Waals surface area contributed by atoms with Crippen LogP contribution in [0.25, 0.3) is 0 Å². The minimum Gasteiger partial charge on any atom is -0.497 e. The van der Waals surface area contributed by atoms with Gasteiger partial charge in [-0.2, -0.15) is 0 Å². The minimum atomic E-state index is -0.163. The number of fused-ring (bicyclic) bond motifs is 1. The van der Waals surface area contributed by atoms with Gasteiger partial charge in [0.2, 0.25) is 0 Å². The molecular formula is C20H24N2O3. The molecule has 1 aliphatic heterocycles. The van der Waals surface area contributed by atoms with E-state index in [1.54, 1.807) is 20.3 Å². The van der Waals surface area contributed by atoms with Gasteiger partial charge >= 0.3 is 0 Å². The standard InChI is InChI=1S/C20H24N2O3/c1-13-10-15(24-3)11-18(25-4)19(13)20(23)21-17-7-5-6-14-12-22(2)9-8-16(14)17/h5-7,10-11H,8-9,12H2,1-4H3,(H,21,23). The molecule has 1 aliphatic rings. The van der Waals surface area contributed by atoms with Crippen LogP contribution in [0.3, 0.4) is 0 Å². The van der Waals surface area contributed by atoms with Crippen molar-refractivity contribution in [2.75, 3.05) is 33.1 Å². The molecule has 1 amide bonds. The zero-order valence-electron chi connectivity index (χ0n) is 15.2. The van der Waals surface area contributed by atoms with E-state index in [-0.39, 0.29) is 5.91 Å². The maximum Gasteiger partial charge on any atom is 0.259 e. The molecule has 3 rings (SSSR count). The van der Waals surface area contributed by atoms with E-state index in [0.29, 0.717) is 17.1 Å². The number of hydrogen-bond donors (Lipinski definition) is 1. The predicted octanol–water partition coefficient (Wildman–Crippen LogP) is 3.25. The Kier molecular flexibility index (Phi) is 4.95. The van der Waals surface area contributed by atoms with Gasteiger partial charge in [-0.05, 0) is 49.2 Å². The van der Waals surface area contributed by atoms with E-state index in [9.17, 15) is 4.79 Å². The molecule has 1 heterocycles. The quantitative estimate of drug-likeness (QED) is 0.928. The Bertz CT molecular complexity index is 802. The van der Waals surface area contributed by atoms with E-state index in [0.717, 1.165) is 30.8 Å². The number of amides is 1. The first-order chi connectivity index (χ1) is 12.0. The molecule has 0 spiro atoms. The molecule has 0 saturated carbocycles. The number of benzene rings is 2. The SMILES string of the molecule is COc1cc(C)c(C(=O)Nc2cccc3c2CCN(C)C3)c(OC)c1. The van der Waals surface area contributed by atoms with Gasteiger partial charge < -0.3 is 19.7 Å². The molecule has 2 aromatic carbocycles. The second-order valence-corrected chi connectivity index (χ2v) is 6.41. The van der Waals surface area contributed by atoms with E-state index >= 15 is 0 Å². The number of carbonyl (C=O) groups excluding carboxylic acids is 1. The summed E-state index contributed by atoms with van der Waals surface area (Å²) in [6, 6.07) is 9.66. The molecule has 0 atom stereocenters. The molecule has 132 valence electrons. The zero-order chi connectivity index (χ0) is 18.0. The number of hydrogen-bond acceptors (Lipinski definition) is 4. The summed E-state index contributed by atoms with van der Waals surface area (Å²) in [6.45, 7) is 3.78. The van der Waals surface area contributed by atoms with Crippen molar-refractivity contribution in [1.29, 1.82) is 0 Å². The average molecular weight is 340 g/mol. The number of anilines is 1. The summed E-state index contributed by atoms with van der Waals surface area (Å²) in [7, 11) is 5.27. The summed E-state index contributed by atoms with van der Waals surface area (Å²) in [5.74, 6) is 1.02. The number of carbonyl (C=O) groups is 1. The normalized spacial score (nSPS) is 13.9. The molecule has 0 saturated heterocycles. The van der Waals surface area contributed by atoms with Crippen molar-refractivity contribution in [3.63, 3.8) is 0 Å². The topological polar surface area (TPSA) is 50.8 Å². The van der Waals surface area contributed by atoms with Crippen molar-refractivity contribution < 1.29 is 14.3 Å². The van der Waals surface area contributed by atoms with Gasteiger partial charge in [0, 0.05) is 24.8 Å². The number of ether oxygens (including phenoxy) is 2. The summed E-state index contributed by atoms with van der Waals surface area (Å²) in [5, 5.41) is 3.08. The van der Waals surface area contributed by atoms with Crippen LogP contribution in [0.4, 0.5) is 5.69 Å². The van der Waals surface area contributed by atoms with Gasteiger partial charge in [0.1, 0.15) is 11.5 Å². The minimum absolute atomic E-state index is 0.163. The van der Waals surface area contributed by atoms with Crippen LogP contribution in [-0.2, 0) is 13.0 Å². The van der Waals surface area contributed by atoms with Gasteiger partial charge in [-0.3, -0.25) is 4.79 Å². The molecule has 5 nitrogen and oxygen atoms in total. The molecule has 0 radical (unpaired) electrons. The molecule has 1 N–H and O–H groups in total. The van der Waals surface area contributed by atoms with E-state index in [1.807, 2.05) is 25.1 Å². The largest absolute Gasteiger partial charge is 0.497 e. The fourth-order valence-corrected chi connectivity index (χ4v) is 3.35. The maximum absolute atomic E-state index is 12.9. The molecule has 2 aromatic rings. The monoisotopic (exact) mass is 340 g/mol. The second-order valence-electron chi connectivity index (χ2n) is 6.41. The van der Waals surface area contributed by atoms with E-state index in [1.165, 1.54) is 11.1 Å². The highest BCUT2D eigenvalue weighted by molar-refractivity contribution is 6.07. The molecule has 0 bridgehead atoms. The van der Waals surface area contributed by atoms with Crippen LogP contribution >= 0.6 is 0 Å². The van der Waals surface area contributed by atoms with Gasteiger partial charge in [0.15, 0.2) is 0 Å². The molecular weight excluding hydrogens is 316 g/mol. The highest BCUT2D eigenvalue weighted by Gasteiger charge is 2.21. The first-order valence-corrected chi connectivity index (χ1v) is 8.36. The van der Waals surface area contributed by atoms with E-state index in [2.05, 4.69) is 23.3 Å². The summed E-state index contributed by atoms with van der Waals surface area (Å²) in [5.41, 5.74) is 4.73. The van der Waals surface area contributed by atoms with Crippen molar-refractivity contribution in [2.24, 2.45) is 0 Å². The molecule has 0 aromatic heterocycles. The highest BCUT2D eigenvalue weighted by atomic mass is 16.5. The van der Waals surface area contributed by atoms with Crippen molar-refractivity contribution in [3.8, 4) is 11.5 Å². The Morgan fingerprint density at radius 1 is 1.20 bits per heavy atom. The lowest BCUT2D eigenvalue weighted by molar-refractivity contribution is 0.102. The number of rotatable bonds is 4. The van der Waals surface area contributed by atoms with Crippen LogP contribution in [0.15, 0.2) is 30.3 Å². The van der Waals surface area contributed by atoms with Gasteiger partial charge in [-0.25, -0.2) is 0 Å². The molecule has 0 aliphatic carbocycles. The van der Waals surface area contributed by atoms with Crippen LogP contribution in [0.1, 0.15) is 27.0 Å². The zero-order valence-corrected chi connectivity index (χ0v) is 15.2. The highest BCUT2D eigenvalue weighted by Crippen LogP contribution is 2.31. The molecule has 0 unspecified atom stereocenters. The molecule has 5 heteroatoms. The van der Waals surface area contributed by atoms with Crippen molar-refractivity contribution in [1.82, 2.24) is 4.90 Å². The van der Waals surface area contributed by atoms with Crippen LogP contribution in [0, 0.1) is 6.92 Å². The predicted molar refractivity (Wildman–Crippen MR) is 98.7 cm³/mol. The number of methoxy groups -OCH3 is 2. The second kappa shape index (κ2) is 7.15. The third-order valence-electron chi connectivity index (χ3n) is 4.66. The fraction of sp³-hybridized carbons (Fsp3) is 0.350. The Hall–Kier alpha value is -2.53. The molecule has 25 heavy (non-hydrogen) atoms. The van der Waals surface area contributed by atoms with Crippen LogP contribution in [-0.4, -0.2) is 38.6 Å². The van der Waals surface area contributed by atoms with Gasteiger partial charge in [0.05, 0.1) is 19.8 Å². The van der Waals surface area contributed by atoms with E-state index in [4.69, 9.17) is 9.47 Å². The summed E-state index contributed by atoms with van der Waals surface area (Å²) < 4.78 is 10.7. The van der Waals surface area contributed by atoms with Gasteiger partial charge in [-0.1, -0.05) is 12.1 Å². The van der Waals surface area contributed by atoms with Gasteiger partial charge in [0.25, 0.3) is 5.91 Å². The van der Waals surface area contributed by atoms with Crippen molar-refractivity contribution in [2.45, 2.75) is 19.9 Å². The van der Waals surface area contributed by atoms with Crippen molar-refractivity contribution in [3.05, 3.63) is 52.6 Å². The third kappa shape index (κ3) is 3.46. The molecule has 0 fully saturated rings. The lowest BCUT2D eigenvalue weighted by Gasteiger charge is -2.27. The number of likely N-dealkylation sites (N-methyl/N-ethyl adjacent to an activating group) is 1. The smallest absolute Gasteiger partial charge is 0.259 e. The number of nitrogens with one attached hydrogen (secondary N) is 1. The Labute approximate surface area is 148 Å². The lowest BCUT2D eigenvalue weighted by Crippen LogP contribution is -2.27. The summed E-state index contributed by atoms with van der Waals surface area (Å²) >= 11 is 0. The number of aryl methyl sites for hydroxylation is 1. The maximum atomic E-state index is 12.9. The summed E-state index contributed by atoms with van der Waals surface area (Å²) in [4.78, 5) is 15.2. The van der Waals surface area contributed by atoms with Gasteiger partial charge in [-0.15, -0.1) is 0 Å². The number of nitrogens with zero attached hydrogens (tertiary/aromatic N) is 1. The first-order valence-electron chi connectivity index (χ1n) is 8.36. The fourth-order valence-electron chi connectivity index (χ4n) is 3.35. The summed E-state index contributed by atoms with van der Waals surface area (Å²) in [6.07, 6.45) is 0.932.